The quantitative estimate of drug-likeness (QED) is 0.0717. The summed E-state index contributed by atoms with van der Waals surface area (Å²) in [4.78, 5) is 60.6. The molecule has 0 unspecified atom stereocenters. The summed E-state index contributed by atoms with van der Waals surface area (Å²) in [5, 5.41) is 28.4. The summed E-state index contributed by atoms with van der Waals surface area (Å²) in [5.74, 6) is -3.08. The highest BCUT2D eigenvalue weighted by molar-refractivity contribution is 8.00. The van der Waals surface area contributed by atoms with Crippen molar-refractivity contribution in [2.75, 3.05) is 29.9 Å². The number of rotatable bonds is 11. The molecule has 0 spiro atoms. The fourth-order valence-electron chi connectivity index (χ4n) is 4.88. The van der Waals surface area contributed by atoms with Gasteiger partial charge in [-0.2, -0.15) is 9.36 Å². The van der Waals surface area contributed by atoms with E-state index in [9.17, 15) is 29.4 Å². The van der Waals surface area contributed by atoms with E-state index in [1.54, 1.807) is 0 Å². The zero-order valence-corrected chi connectivity index (χ0v) is 24.9. The predicted molar refractivity (Wildman–Crippen MR) is 154 cm³/mol. The molecule has 0 bridgehead atoms. The lowest BCUT2D eigenvalue weighted by Gasteiger charge is -2.49. The fourth-order valence-corrected chi connectivity index (χ4v) is 6.65. The van der Waals surface area contributed by atoms with Crippen LogP contribution < -0.4 is 26.8 Å². The van der Waals surface area contributed by atoms with Crippen LogP contribution in [0.3, 0.4) is 0 Å². The fraction of sp³-hybridized carbons (Fsp3) is 0.500. The van der Waals surface area contributed by atoms with Crippen molar-refractivity contribution >= 4 is 63.7 Å². The van der Waals surface area contributed by atoms with Crippen molar-refractivity contribution in [1.29, 1.82) is 0 Å². The van der Waals surface area contributed by atoms with E-state index in [0.717, 1.165) is 42.4 Å². The molecule has 3 aliphatic heterocycles. The second kappa shape index (κ2) is 11.8. The van der Waals surface area contributed by atoms with Gasteiger partial charge in [0.15, 0.2) is 17.5 Å². The van der Waals surface area contributed by atoms with Crippen LogP contribution in [0.5, 0.6) is 0 Å². The molecule has 17 nitrogen and oxygen atoms in total. The number of carboxylic acids is 2. The number of carbonyl (C=O) groups excluding carboxylic acids is 2. The average molecular weight is 636 g/mol. The number of oxime groups is 1. The number of nitrogens with zero attached hydrogens (tertiary/aromatic N) is 6. The highest BCUT2D eigenvalue weighted by atomic mass is 32.2. The van der Waals surface area contributed by atoms with Crippen molar-refractivity contribution in [3.05, 3.63) is 28.9 Å². The van der Waals surface area contributed by atoms with E-state index in [-0.39, 0.29) is 23.2 Å². The Labute approximate surface area is 253 Å². The second-order valence-corrected chi connectivity index (χ2v) is 12.4. The molecule has 3 aliphatic rings. The molecule has 5 heterocycles. The van der Waals surface area contributed by atoms with E-state index >= 15 is 0 Å². The Morgan fingerprint density at radius 2 is 2.12 bits per heavy atom. The number of amides is 2. The zero-order chi connectivity index (χ0) is 31.1. The van der Waals surface area contributed by atoms with Crippen LogP contribution >= 0.6 is 23.3 Å². The topological polar surface area (TPSA) is 244 Å². The summed E-state index contributed by atoms with van der Waals surface area (Å²) < 4.78 is 7.96. The van der Waals surface area contributed by atoms with Gasteiger partial charge in [0.05, 0.1) is 12.1 Å². The number of nitrogen functional groups attached to an aromatic ring is 1. The number of thioether (sulfide) groups is 1. The van der Waals surface area contributed by atoms with Crippen LogP contribution in [-0.4, -0.2) is 94.5 Å². The van der Waals surface area contributed by atoms with Gasteiger partial charge in [0, 0.05) is 29.4 Å². The van der Waals surface area contributed by atoms with Gasteiger partial charge < -0.3 is 37.2 Å². The summed E-state index contributed by atoms with van der Waals surface area (Å²) in [7, 11) is 0. The van der Waals surface area contributed by atoms with Gasteiger partial charge in [-0.3, -0.25) is 14.5 Å². The number of β-lactam (4-membered cyclic amide) rings is 1. The van der Waals surface area contributed by atoms with Crippen LogP contribution in [0.4, 0.5) is 10.9 Å². The number of nitrogens with one attached hydrogen (secondary N) is 2. The minimum Gasteiger partial charge on any atom is -0.478 e. The molecule has 230 valence electrons. The van der Waals surface area contributed by atoms with E-state index in [0.29, 0.717) is 24.3 Å². The maximum absolute atomic E-state index is 13.3. The normalized spacial score (nSPS) is 20.1. The molecule has 2 amide bonds. The zero-order valence-electron chi connectivity index (χ0n) is 23.3. The number of carbonyl (C=O) groups is 4. The summed E-state index contributed by atoms with van der Waals surface area (Å²) in [5.41, 5.74) is 10.6. The Morgan fingerprint density at radius 1 is 1.35 bits per heavy atom. The number of fused-ring (bicyclic) bond motifs is 2. The number of hydrogen-bond acceptors (Lipinski definition) is 13. The van der Waals surface area contributed by atoms with Crippen molar-refractivity contribution in [3.63, 3.8) is 0 Å². The average Bonchev–Trinajstić information content (AvgIpc) is 3.54. The van der Waals surface area contributed by atoms with Crippen LogP contribution in [0.1, 0.15) is 31.7 Å². The van der Waals surface area contributed by atoms with Gasteiger partial charge in [0.2, 0.25) is 23.3 Å². The van der Waals surface area contributed by atoms with E-state index in [4.69, 9.17) is 16.3 Å². The molecule has 2 aromatic heterocycles. The predicted octanol–water partition coefficient (Wildman–Crippen LogP) is -1.45. The number of anilines is 2. The molecular formula is C24H31N10O7S2+. The van der Waals surface area contributed by atoms with Crippen molar-refractivity contribution in [2.45, 2.75) is 56.8 Å². The first-order chi connectivity index (χ1) is 20.4. The van der Waals surface area contributed by atoms with Gasteiger partial charge in [0.25, 0.3) is 11.8 Å². The maximum Gasteiger partial charge on any atom is 0.352 e. The van der Waals surface area contributed by atoms with Gasteiger partial charge in [0.1, 0.15) is 17.1 Å². The van der Waals surface area contributed by atoms with Crippen LogP contribution in [0.15, 0.2) is 22.6 Å². The molecule has 0 aromatic carbocycles. The molecule has 2 aromatic rings. The summed E-state index contributed by atoms with van der Waals surface area (Å²) >= 11 is 2.10. The third-order valence-corrected chi connectivity index (χ3v) is 8.95. The summed E-state index contributed by atoms with van der Waals surface area (Å²) in [6, 6.07) is -1.09. The van der Waals surface area contributed by atoms with E-state index in [2.05, 4.69) is 29.8 Å². The van der Waals surface area contributed by atoms with E-state index in [1.165, 1.54) is 30.5 Å². The molecule has 0 aliphatic carbocycles. The molecule has 2 atom stereocenters. The van der Waals surface area contributed by atoms with Gasteiger partial charge in [-0.1, -0.05) is 5.16 Å². The number of aliphatic carboxylic acids is 2. The molecule has 43 heavy (non-hydrogen) atoms. The van der Waals surface area contributed by atoms with Crippen molar-refractivity contribution < 1.29 is 38.9 Å². The van der Waals surface area contributed by atoms with Crippen LogP contribution in [0.2, 0.25) is 0 Å². The van der Waals surface area contributed by atoms with Crippen LogP contribution in [0.25, 0.3) is 0 Å². The molecular weight excluding hydrogens is 604 g/mol. The first-order valence-corrected chi connectivity index (χ1v) is 15.1. The largest absolute Gasteiger partial charge is 0.478 e. The third kappa shape index (κ3) is 5.74. The lowest BCUT2D eigenvalue weighted by molar-refractivity contribution is -0.768. The lowest BCUT2D eigenvalue weighted by atomic mass is 10.0. The SMILES string of the molecule is CC(C)(O/N=C(\C(=O)N[C@@H]1C(=O)N2C(C(=O)O)=C(C[n+]3cc(CCN)c4n3CCCN4)CS[C@H]12)c1nsc(N)n1)C(=O)O. The Bertz CT molecular complexity index is 1550. The van der Waals surface area contributed by atoms with Crippen molar-refractivity contribution in [2.24, 2.45) is 10.9 Å². The number of carboxylic acid groups (broad SMARTS) is 2. The Morgan fingerprint density at radius 3 is 2.77 bits per heavy atom. The minimum absolute atomic E-state index is 0.0264. The number of aromatic nitrogens is 4. The maximum atomic E-state index is 13.3. The van der Waals surface area contributed by atoms with Crippen molar-refractivity contribution in [1.82, 2.24) is 24.3 Å². The molecule has 0 saturated carbocycles. The lowest BCUT2D eigenvalue weighted by Crippen LogP contribution is -2.71. The molecule has 1 saturated heterocycles. The minimum atomic E-state index is -1.79. The van der Waals surface area contributed by atoms with Gasteiger partial charge in [-0.25, -0.2) is 9.59 Å². The third-order valence-electron chi connectivity index (χ3n) is 7.07. The van der Waals surface area contributed by atoms with Gasteiger partial charge in [-0.05, 0) is 33.2 Å². The van der Waals surface area contributed by atoms with Crippen molar-refractivity contribution in [3.8, 4) is 0 Å². The standard InChI is InChI=1S/C24H30N10O7S2/c1-24(2,22(39)40)41-30-13(16-29-23(26)43-31-16)18(35)28-14-19(36)34-15(21(37)38)12(10-42-20(14)34)9-32-8-11(4-5-25)17-27-6-3-7-33(17)32/h8,14,20H,3-7,9-10,25H2,1-2H3,(H5,26,28,29,31,35,37,38,39,40)/p+1/b30-13-/t14-,20-/m1/s1. The first kappa shape index (κ1) is 30.2. The number of hydrogen-bond donors (Lipinski definition) is 6. The molecule has 1 fully saturated rings. The Kier molecular flexibility index (Phi) is 8.30. The molecule has 0 radical (unpaired) electrons. The summed E-state index contributed by atoms with van der Waals surface area (Å²) in [6.45, 7) is 4.78. The van der Waals surface area contributed by atoms with Crippen LogP contribution in [0, 0.1) is 0 Å². The Hall–Kier alpha value is -4.23. The Balaban J connectivity index is 1.37. The first-order valence-electron chi connectivity index (χ1n) is 13.3. The second-order valence-electron chi connectivity index (χ2n) is 10.5. The van der Waals surface area contributed by atoms with Gasteiger partial charge in [-0.15, -0.1) is 21.1 Å². The number of nitrogens with two attached hydrogens (primary N) is 2. The highest BCUT2D eigenvalue weighted by Gasteiger charge is 2.55. The van der Waals surface area contributed by atoms with E-state index in [1.807, 2.05) is 10.9 Å². The van der Waals surface area contributed by atoms with E-state index < -0.39 is 46.5 Å². The molecule has 8 N–H and O–H groups in total. The van der Waals surface area contributed by atoms with Crippen LogP contribution in [-0.2, 0) is 43.5 Å². The summed E-state index contributed by atoms with van der Waals surface area (Å²) in [6.07, 6.45) is 3.53. The highest BCUT2D eigenvalue weighted by Crippen LogP contribution is 2.40. The molecule has 5 rings (SSSR count). The molecule has 19 heteroatoms. The smallest absolute Gasteiger partial charge is 0.352 e. The monoisotopic (exact) mass is 635 g/mol. The van der Waals surface area contributed by atoms with Gasteiger partial charge >= 0.3 is 11.9 Å².